The minimum absolute atomic E-state index is 0.353. The van der Waals surface area contributed by atoms with Gasteiger partial charge in [-0.15, -0.1) is 11.6 Å². The van der Waals surface area contributed by atoms with E-state index in [1.54, 1.807) is 12.1 Å². The smallest absolute Gasteiger partial charge is 0.0991 e. The largest absolute Gasteiger partial charge is 0.192 e. The summed E-state index contributed by atoms with van der Waals surface area (Å²) in [4.78, 5) is -0.353. The Hall–Kier alpha value is -1.00. The number of nitrogens with zero attached hydrogens (tertiary/aromatic N) is 1. The zero-order valence-corrected chi connectivity index (χ0v) is 7.89. The number of hydrogen-bond acceptors (Lipinski definition) is 1. The van der Waals surface area contributed by atoms with E-state index >= 15 is 0 Å². The van der Waals surface area contributed by atoms with Crippen molar-refractivity contribution < 1.29 is 0 Å². The highest BCUT2D eigenvalue weighted by Crippen LogP contribution is 2.27. The van der Waals surface area contributed by atoms with E-state index < -0.39 is 0 Å². The van der Waals surface area contributed by atoms with Gasteiger partial charge in [-0.3, -0.25) is 0 Å². The van der Waals surface area contributed by atoms with Crippen LogP contribution in [0, 0.1) is 11.3 Å². The van der Waals surface area contributed by atoms with E-state index in [4.69, 9.17) is 16.9 Å². The topological polar surface area (TPSA) is 23.8 Å². The van der Waals surface area contributed by atoms with Gasteiger partial charge in [0.2, 0.25) is 0 Å². The third-order valence-corrected chi connectivity index (χ3v) is 1.92. The summed E-state index contributed by atoms with van der Waals surface area (Å²) in [5.74, 6) is 0. The number of halogens is 1. The zero-order valence-electron chi connectivity index (χ0n) is 7.13. The van der Waals surface area contributed by atoms with E-state index in [2.05, 4.69) is 6.07 Å². The molecule has 0 amide bonds. The highest BCUT2D eigenvalue weighted by Gasteiger charge is 2.15. The van der Waals surface area contributed by atoms with E-state index in [9.17, 15) is 0 Å². The van der Waals surface area contributed by atoms with Gasteiger partial charge in [-0.05, 0) is 31.5 Å². The van der Waals surface area contributed by atoms with Crippen LogP contribution in [0.15, 0.2) is 24.3 Å². The maximum Gasteiger partial charge on any atom is 0.0991 e. The molecule has 0 atom stereocenters. The maximum atomic E-state index is 8.55. The SMILES string of the molecule is CC(C)(Cl)c1ccc(C#N)cc1. The van der Waals surface area contributed by atoms with Gasteiger partial charge in [0.05, 0.1) is 16.5 Å². The summed E-state index contributed by atoms with van der Waals surface area (Å²) in [5.41, 5.74) is 1.70. The first-order valence-electron chi connectivity index (χ1n) is 3.73. The Morgan fingerprint density at radius 3 is 2.08 bits per heavy atom. The number of nitriles is 1. The summed E-state index contributed by atoms with van der Waals surface area (Å²) < 4.78 is 0. The number of alkyl halides is 1. The number of hydrogen-bond donors (Lipinski definition) is 0. The van der Waals surface area contributed by atoms with Crippen molar-refractivity contribution in [1.29, 1.82) is 5.26 Å². The molecule has 0 radical (unpaired) electrons. The van der Waals surface area contributed by atoms with E-state index in [1.165, 1.54) is 0 Å². The van der Waals surface area contributed by atoms with Crippen LogP contribution in [0.4, 0.5) is 0 Å². The summed E-state index contributed by atoms with van der Waals surface area (Å²) in [6.07, 6.45) is 0. The van der Waals surface area contributed by atoms with Crippen LogP contribution in [0.3, 0.4) is 0 Å². The Bertz CT molecular complexity index is 300. The first-order chi connectivity index (χ1) is 5.54. The Balaban J connectivity index is 3.02. The van der Waals surface area contributed by atoms with Gasteiger partial charge in [0.25, 0.3) is 0 Å². The molecule has 0 spiro atoms. The van der Waals surface area contributed by atoms with Crippen molar-refractivity contribution >= 4 is 11.6 Å². The van der Waals surface area contributed by atoms with Crippen LogP contribution in [0.25, 0.3) is 0 Å². The van der Waals surface area contributed by atoms with Crippen molar-refractivity contribution in [2.24, 2.45) is 0 Å². The van der Waals surface area contributed by atoms with Crippen molar-refractivity contribution in [2.75, 3.05) is 0 Å². The molecule has 2 heteroatoms. The van der Waals surface area contributed by atoms with Crippen LogP contribution in [-0.2, 0) is 4.87 Å². The van der Waals surface area contributed by atoms with Crippen LogP contribution >= 0.6 is 11.6 Å². The quantitative estimate of drug-likeness (QED) is 0.608. The summed E-state index contributed by atoms with van der Waals surface area (Å²) in [7, 11) is 0. The average Bonchev–Trinajstić information content (AvgIpc) is 2.03. The van der Waals surface area contributed by atoms with E-state index in [-0.39, 0.29) is 4.87 Å². The van der Waals surface area contributed by atoms with Crippen molar-refractivity contribution in [3.63, 3.8) is 0 Å². The molecule has 0 fully saturated rings. The summed E-state index contributed by atoms with van der Waals surface area (Å²) in [6.45, 7) is 3.85. The lowest BCUT2D eigenvalue weighted by atomic mass is 10.0. The van der Waals surface area contributed by atoms with E-state index in [1.807, 2.05) is 26.0 Å². The van der Waals surface area contributed by atoms with Gasteiger partial charge < -0.3 is 0 Å². The lowest BCUT2D eigenvalue weighted by molar-refractivity contribution is 0.766. The molecule has 0 bridgehead atoms. The Morgan fingerprint density at radius 1 is 1.25 bits per heavy atom. The first kappa shape index (κ1) is 9.09. The minimum Gasteiger partial charge on any atom is -0.192 e. The first-order valence-corrected chi connectivity index (χ1v) is 4.11. The molecule has 1 aromatic rings. The van der Waals surface area contributed by atoms with Gasteiger partial charge in [-0.1, -0.05) is 12.1 Å². The van der Waals surface area contributed by atoms with Crippen LogP contribution in [0.1, 0.15) is 25.0 Å². The van der Waals surface area contributed by atoms with Gasteiger partial charge in [0, 0.05) is 0 Å². The highest BCUT2D eigenvalue weighted by atomic mass is 35.5. The van der Waals surface area contributed by atoms with Gasteiger partial charge in [-0.25, -0.2) is 0 Å². The predicted molar refractivity (Wildman–Crippen MR) is 50.0 cm³/mol. The van der Waals surface area contributed by atoms with Crippen LogP contribution in [0.5, 0.6) is 0 Å². The third-order valence-electron chi connectivity index (χ3n) is 1.70. The molecule has 0 aliphatic carbocycles. The second-order valence-electron chi connectivity index (χ2n) is 3.16. The minimum atomic E-state index is -0.353. The van der Waals surface area contributed by atoms with Crippen LogP contribution in [0.2, 0.25) is 0 Å². The third kappa shape index (κ3) is 1.99. The lowest BCUT2D eigenvalue weighted by Gasteiger charge is -2.15. The molecule has 1 aromatic carbocycles. The summed E-state index contributed by atoms with van der Waals surface area (Å²) in [6, 6.07) is 9.38. The molecular weight excluding hydrogens is 170 g/mol. The molecule has 0 aliphatic heterocycles. The fourth-order valence-corrected chi connectivity index (χ4v) is 1.07. The van der Waals surface area contributed by atoms with Crippen molar-refractivity contribution in [3.8, 4) is 6.07 Å². The lowest BCUT2D eigenvalue weighted by Crippen LogP contribution is -2.06. The molecule has 0 aromatic heterocycles. The van der Waals surface area contributed by atoms with Crippen molar-refractivity contribution in [3.05, 3.63) is 35.4 Å². The standard InChI is InChI=1S/C10H10ClN/c1-10(2,11)9-5-3-8(7-12)4-6-9/h3-6H,1-2H3. The van der Waals surface area contributed by atoms with E-state index in [0.29, 0.717) is 5.56 Å². The van der Waals surface area contributed by atoms with Crippen molar-refractivity contribution in [2.45, 2.75) is 18.7 Å². The molecule has 0 N–H and O–H groups in total. The van der Waals surface area contributed by atoms with Crippen molar-refractivity contribution in [1.82, 2.24) is 0 Å². The Morgan fingerprint density at radius 2 is 1.75 bits per heavy atom. The summed E-state index contributed by atoms with van der Waals surface area (Å²) >= 11 is 6.07. The molecule has 1 rings (SSSR count). The second-order valence-corrected chi connectivity index (χ2v) is 4.11. The maximum absolute atomic E-state index is 8.55. The summed E-state index contributed by atoms with van der Waals surface area (Å²) in [5, 5.41) is 8.55. The monoisotopic (exact) mass is 179 g/mol. The van der Waals surface area contributed by atoms with Gasteiger partial charge in [-0.2, -0.15) is 5.26 Å². The average molecular weight is 180 g/mol. The predicted octanol–water partition coefficient (Wildman–Crippen LogP) is 3.03. The Kier molecular flexibility index (Phi) is 2.40. The number of benzene rings is 1. The second kappa shape index (κ2) is 3.16. The zero-order chi connectivity index (χ0) is 9.19. The van der Waals surface area contributed by atoms with E-state index in [0.717, 1.165) is 5.56 Å². The molecule has 0 saturated heterocycles. The van der Waals surface area contributed by atoms with Gasteiger partial charge >= 0.3 is 0 Å². The molecule has 1 nitrogen and oxygen atoms in total. The molecule has 12 heavy (non-hydrogen) atoms. The van der Waals surface area contributed by atoms with Gasteiger partial charge in [0.15, 0.2) is 0 Å². The van der Waals surface area contributed by atoms with Crippen LogP contribution < -0.4 is 0 Å². The Labute approximate surface area is 77.6 Å². The molecule has 0 saturated carbocycles. The normalized spacial score (nSPS) is 10.8. The number of rotatable bonds is 1. The molecule has 0 unspecified atom stereocenters. The fourth-order valence-electron chi connectivity index (χ4n) is 0.941. The molecular formula is C10H10ClN. The molecule has 62 valence electrons. The molecule has 0 aliphatic rings. The molecule has 0 heterocycles. The van der Waals surface area contributed by atoms with Gasteiger partial charge in [0.1, 0.15) is 0 Å². The fraction of sp³-hybridized carbons (Fsp3) is 0.300. The highest BCUT2D eigenvalue weighted by molar-refractivity contribution is 6.23. The van der Waals surface area contributed by atoms with Crippen LogP contribution in [-0.4, -0.2) is 0 Å².